The molecule has 0 saturated carbocycles. The summed E-state index contributed by atoms with van der Waals surface area (Å²) in [5.74, 6) is -0.838. The lowest BCUT2D eigenvalue weighted by atomic mass is 10.2. The molecule has 1 saturated heterocycles. The molecule has 1 fully saturated rings. The molecular weight excluding hydrogens is 192 g/mol. The molecule has 1 aliphatic rings. The van der Waals surface area contributed by atoms with E-state index >= 15 is 0 Å². The van der Waals surface area contributed by atoms with Crippen LogP contribution in [0.4, 0.5) is 0 Å². The van der Waals surface area contributed by atoms with E-state index in [1.54, 1.807) is 13.0 Å². The van der Waals surface area contributed by atoms with Crippen LogP contribution >= 0.6 is 0 Å². The zero-order valence-electron chi connectivity index (χ0n) is 9.49. The predicted octanol–water partition coefficient (Wildman–Crippen LogP) is 0.701. The number of aliphatic carboxylic acids is 1. The van der Waals surface area contributed by atoms with Crippen molar-refractivity contribution in [3.05, 3.63) is 11.6 Å². The van der Waals surface area contributed by atoms with Gasteiger partial charge in [-0.3, -0.25) is 0 Å². The van der Waals surface area contributed by atoms with Gasteiger partial charge in [0.2, 0.25) is 0 Å². The van der Waals surface area contributed by atoms with Gasteiger partial charge in [-0.1, -0.05) is 6.08 Å². The highest BCUT2D eigenvalue weighted by molar-refractivity contribution is 5.85. The molecule has 1 rings (SSSR count). The van der Waals surface area contributed by atoms with Gasteiger partial charge in [0.15, 0.2) is 0 Å². The number of hydrogen-bond acceptors (Lipinski definition) is 3. The molecule has 0 aromatic carbocycles. The molecule has 1 aliphatic heterocycles. The van der Waals surface area contributed by atoms with E-state index in [-0.39, 0.29) is 0 Å². The van der Waals surface area contributed by atoms with Crippen LogP contribution in [0.3, 0.4) is 0 Å². The highest BCUT2D eigenvalue weighted by Gasteiger charge is 2.19. The van der Waals surface area contributed by atoms with Gasteiger partial charge in [-0.15, -0.1) is 0 Å². The molecule has 4 nitrogen and oxygen atoms in total. The third kappa shape index (κ3) is 4.01. The van der Waals surface area contributed by atoms with Crippen LogP contribution in [0.5, 0.6) is 0 Å². The SMILES string of the molecule is C/C(=C/CNCC1CCCN1C)C(=O)O. The minimum Gasteiger partial charge on any atom is -0.478 e. The molecule has 1 heterocycles. The first-order valence-corrected chi connectivity index (χ1v) is 5.42. The van der Waals surface area contributed by atoms with Crippen molar-refractivity contribution in [1.82, 2.24) is 10.2 Å². The number of nitrogens with zero attached hydrogens (tertiary/aromatic N) is 1. The molecule has 0 aliphatic carbocycles. The summed E-state index contributed by atoms with van der Waals surface area (Å²) >= 11 is 0. The fourth-order valence-corrected chi connectivity index (χ4v) is 1.80. The maximum absolute atomic E-state index is 10.5. The molecule has 4 heteroatoms. The van der Waals surface area contributed by atoms with E-state index in [1.807, 2.05) is 0 Å². The first kappa shape index (κ1) is 12.2. The summed E-state index contributed by atoms with van der Waals surface area (Å²) in [6, 6.07) is 0.614. The predicted molar refractivity (Wildman–Crippen MR) is 59.9 cm³/mol. The van der Waals surface area contributed by atoms with Gasteiger partial charge in [-0.2, -0.15) is 0 Å². The molecule has 2 N–H and O–H groups in total. The Morgan fingerprint density at radius 3 is 2.93 bits per heavy atom. The maximum Gasteiger partial charge on any atom is 0.330 e. The first-order chi connectivity index (χ1) is 7.11. The highest BCUT2D eigenvalue weighted by Crippen LogP contribution is 2.13. The number of nitrogens with one attached hydrogen (secondary N) is 1. The zero-order chi connectivity index (χ0) is 11.3. The Morgan fingerprint density at radius 2 is 2.40 bits per heavy atom. The van der Waals surface area contributed by atoms with Crippen molar-refractivity contribution in [2.45, 2.75) is 25.8 Å². The summed E-state index contributed by atoms with van der Waals surface area (Å²) in [7, 11) is 2.14. The van der Waals surface area contributed by atoms with E-state index in [0.29, 0.717) is 18.2 Å². The van der Waals surface area contributed by atoms with Crippen molar-refractivity contribution in [2.75, 3.05) is 26.7 Å². The molecule has 0 aromatic heterocycles. The van der Waals surface area contributed by atoms with Gasteiger partial charge in [0, 0.05) is 24.7 Å². The van der Waals surface area contributed by atoms with Crippen molar-refractivity contribution in [3.8, 4) is 0 Å². The number of hydrogen-bond donors (Lipinski definition) is 2. The van der Waals surface area contributed by atoms with Gasteiger partial charge in [0.1, 0.15) is 0 Å². The van der Waals surface area contributed by atoms with Crippen LogP contribution in [-0.4, -0.2) is 48.7 Å². The Labute approximate surface area is 91.0 Å². The lowest BCUT2D eigenvalue weighted by molar-refractivity contribution is -0.132. The first-order valence-electron chi connectivity index (χ1n) is 5.42. The van der Waals surface area contributed by atoms with Crippen LogP contribution in [0.15, 0.2) is 11.6 Å². The molecule has 0 aromatic rings. The van der Waals surface area contributed by atoms with Crippen molar-refractivity contribution < 1.29 is 9.90 Å². The van der Waals surface area contributed by atoms with Gasteiger partial charge in [0.05, 0.1) is 0 Å². The van der Waals surface area contributed by atoms with Crippen molar-refractivity contribution in [3.63, 3.8) is 0 Å². The molecule has 1 atom stereocenters. The summed E-state index contributed by atoms with van der Waals surface area (Å²) in [4.78, 5) is 12.8. The fourth-order valence-electron chi connectivity index (χ4n) is 1.80. The van der Waals surface area contributed by atoms with Crippen molar-refractivity contribution in [2.24, 2.45) is 0 Å². The summed E-state index contributed by atoms with van der Waals surface area (Å²) in [5, 5.41) is 11.9. The average molecular weight is 212 g/mol. The molecule has 1 unspecified atom stereocenters. The van der Waals surface area contributed by atoms with E-state index in [0.717, 1.165) is 6.54 Å². The van der Waals surface area contributed by atoms with E-state index in [9.17, 15) is 4.79 Å². The molecular formula is C11H20N2O2. The second-order valence-corrected chi connectivity index (χ2v) is 4.13. The Morgan fingerprint density at radius 1 is 1.67 bits per heavy atom. The Kier molecular flexibility index (Phi) is 4.78. The summed E-state index contributed by atoms with van der Waals surface area (Å²) in [6.07, 6.45) is 4.23. The van der Waals surface area contributed by atoms with E-state index in [4.69, 9.17) is 5.11 Å². The molecule has 15 heavy (non-hydrogen) atoms. The molecule has 86 valence electrons. The van der Waals surface area contributed by atoms with E-state index < -0.39 is 5.97 Å². The molecule has 0 spiro atoms. The second kappa shape index (κ2) is 5.88. The summed E-state index contributed by atoms with van der Waals surface area (Å²) in [5.41, 5.74) is 0.405. The topological polar surface area (TPSA) is 52.6 Å². The van der Waals surface area contributed by atoms with E-state index in [2.05, 4.69) is 17.3 Å². The Bertz CT molecular complexity index is 251. The number of carbonyl (C=O) groups is 1. The third-order valence-electron chi connectivity index (χ3n) is 2.94. The standard InChI is InChI=1S/C11H20N2O2/c1-9(11(14)15)5-6-12-8-10-4-3-7-13(10)2/h5,10,12H,3-4,6-8H2,1-2H3,(H,14,15)/b9-5-. The highest BCUT2D eigenvalue weighted by atomic mass is 16.4. The van der Waals surface area contributed by atoms with Gasteiger partial charge in [-0.25, -0.2) is 4.79 Å². The Hall–Kier alpha value is -0.870. The number of likely N-dealkylation sites (N-methyl/N-ethyl adjacent to an activating group) is 1. The largest absolute Gasteiger partial charge is 0.478 e. The number of carboxylic acids is 1. The van der Waals surface area contributed by atoms with Gasteiger partial charge in [0.25, 0.3) is 0 Å². The normalized spacial score (nSPS) is 23.3. The summed E-state index contributed by atoms with van der Waals surface area (Å²) in [6.45, 7) is 4.38. The zero-order valence-corrected chi connectivity index (χ0v) is 9.49. The van der Waals surface area contributed by atoms with Crippen LogP contribution in [0.2, 0.25) is 0 Å². The maximum atomic E-state index is 10.5. The Balaban J connectivity index is 2.16. The van der Waals surface area contributed by atoms with Crippen molar-refractivity contribution in [1.29, 1.82) is 0 Å². The number of carboxylic acid groups (broad SMARTS) is 1. The lowest BCUT2D eigenvalue weighted by Crippen LogP contribution is -2.35. The van der Waals surface area contributed by atoms with Crippen LogP contribution in [-0.2, 0) is 4.79 Å². The van der Waals surface area contributed by atoms with Gasteiger partial charge >= 0.3 is 5.97 Å². The number of likely N-dealkylation sites (tertiary alicyclic amines) is 1. The monoisotopic (exact) mass is 212 g/mol. The minimum absolute atomic E-state index is 0.405. The smallest absolute Gasteiger partial charge is 0.330 e. The summed E-state index contributed by atoms with van der Waals surface area (Å²) < 4.78 is 0. The van der Waals surface area contributed by atoms with Gasteiger partial charge in [-0.05, 0) is 33.4 Å². The molecule has 0 bridgehead atoms. The fraction of sp³-hybridized carbons (Fsp3) is 0.727. The average Bonchev–Trinajstić information content (AvgIpc) is 2.58. The number of rotatable bonds is 5. The quantitative estimate of drug-likeness (QED) is 0.520. The molecule has 0 radical (unpaired) electrons. The lowest BCUT2D eigenvalue weighted by Gasteiger charge is -2.19. The minimum atomic E-state index is -0.838. The van der Waals surface area contributed by atoms with Crippen LogP contribution in [0.1, 0.15) is 19.8 Å². The van der Waals surface area contributed by atoms with Gasteiger partial charge < -0.3 is 15.3 Å². The van der Waals surface area contributed by atoms with Crippen molar-refractivity contribution >= 4 is 5.97 Å². The van der Waals surface area contributed by atoms with Crippen LogP contribution in [0.25, 0.3) is 0 Å². The second-order valence-electron chi connectivity index (χ2n) is 4.13. The van der Waals surface area contributed by atoms with Crippen LogP contribution in [0, 0.1) is 0 Å². The van der Waals surface area contributed by atoms with Crippen LogP contribution < -0.4 is 5.32 Å². The third-order valence-corrected chi connectivity index (χ3v) is 2.94. The van der Waals surface area contributed by atoms with E-state index in [1.165, 1.54) is 19.4 Å². The molecule has 0 amide bonds.